The number of hydrogen-bond acceptors (Lipinski definition) is 4. The van der Waals surface area contributed by atoms with E-state index in [9.17, 15) is 13.2 Å². The fraction of sp³-hybridized carbons (Fsp3) is 0.200. The third-order valence-corrected chi connectivity index (χ3v) is 6.07. The Morgan fingerprint density at radius 1 is 1.04 bits per heavy atom. The summed E-state index contributed by atoms with van der Waals surface area (Å²) in [5, 5.41) is 3.90. The van der Waals surface area contributed by atoms with Crippen molar-refractivity contribution in [3.63, 3.8) is 0 Å². The first kappa shape index (κ1) is 20.3. The summed E-state index contributed by atoms with van der Waals surface area (Å²) in [4.78, 5) is 16.7. The molecule has 0 aliphatic heterocycles. The number of pyridine rings is 1. The van der Waals surface area contributed by atoms with E-state index in [-0.39, 0.29) is 23.9 Å². The Kier molecular flexibility index (Phi) is 5.98. The Labute approximate surface area is 169 Å². The molecule has 0 saturated carbocycles. The maximum Gasteiger partial charge on any atom is 0.251 e. The lowest BCUT2D eigenvalue weighted by atomic mass is 10.1. The van der Waals surface area contributed by atoms with E-state index in [2.05, 4.69) is 15.0 Å². The highest BCUT2D eigenvalue weighted by atomic mass is 35.5. The summed E-state index contributed by atoms with van der Waals surface area (Å²) in [5.41, 5.74) is 2.71. The summed E-state index contributed by atoms with van der Waals surface area (Å²) in [5.74, 6) is -0.289. The van der Waals surface area contributed by atoms with Gasteiger partial charge in [0.2, 0.25) is 10.0 Å². The van der Waals surface area contributed by atoms with Crippen molar-refractivity contribution in [2.24, 2.45) is 0 Å². The molecule has 6 nitrogen and oxygen atoms in total. The van der Waals surface area contributed by atoms with Crippen LogP contribution in [0.3, 0.4) is 0 Å². The number of fused-ring (bicyclic) bond motifs is 1. The largest absolute Gasteiger partial charge is 0.351 e. The number of nitrogens with zero attached hydrogens (tertiary/aromatic N) is 1. The number of carbonyl (C=O) groups excluding carboxylic acids is 1. The molecule has 8 heteroatoms. The lowest BCUT2D eigenvalue weighted by Crippen LogP contribution is -2.35. The van der Waals surface area contributed by atoms with Crippen LogP contribution < -0.4 is 10.0 Å². The minimum atomic E-state index is -3.63. The van der Waals surface area contributed by atoms with E-state index >= 15 is 0 Å². The van der Waals surface area contributed by atoms with Gasteiger partial charge in [0.1, 0.15) is 5.15 Å². The predicted molar refractivity (Wildman–Crippen MR) is 110 cm³/mol. The van der Waals surface area contributed by atoms with Crippen LogP contribution in [0.1, 0.15) is 21.5 Å². The van der Waals surface area contributed by atoms with Gasteiger partial charge >= 0.3 is 0 Å². The molecule has 1 amide bonds. The zero-order valence-electron chi connectivity index (χ0n) is 15.5. The van der Waals surface area contributed by atoms with Gasteiger partial charge in [-0.1, -0.05) is 23.7 Å². The van der Waals surface area contributed by atoms with Crippen molar-refractivity contribution in [3.05, 3.63) is 70.4 Å². The number of benzene rings is 2. The van der Waals surface area contributed by atoms with Gasteiger partial charge in [-0.3, -0.25) is 4.79 Å². The molecule has 0 radical (unpaired) electrons. The third kappa shape index (κ3) is 4.67. The smallest absolute Gasteiger partial charge is 0.251 e. The van der Waals surface area contributed by atoms with E-state index in [4.69, 9.17) is 11.6 Å². The van der Waals surface area contributed by atoms with Gasteiger partial charge in [-0.25, -0.2) is 18.1 Å². The number of sulfonamides is 1. The van der Waals surface area contributed by atoms with Gasteiger partial charge in [0.05, 0.1) is 10.4 Å². The van der Waals surface area contributed by atoms with Crippen LogP contribution in [0.5, 0.6) is 0 Å². The second-order valence-electron chi connectivity index (χ2n) is 6.46. The molecule has 0 saturated heterocycles. The summed E-state index contributed by atoms with van der Waals surface area (Å²) >= 11 is 5.86. The maximum absolute atomic E-state index is 12.5. The summed E-state index contributed by atoms with van der Waals surface area (Å²) < 4.78 is 27.4. The first-order valence-corrected chi connectivity index (χ1v) is 10.5. The predicted octanol–water partition coefficient (Wildman–Crippen LogP) is 3.21. The molecule has 28 heavy (non-hydrogen) atoms. The van der Waals surface area contributed by atoms with Crippen LogP contribution in [0, 0.1) is 13.8 Å². The number of amides is 1. The minimum absolute atomic E-state index is 0.0895. The highest BCUT2D eigenvalue weighted by molar-refractivity contribution is 7.89. The molecule has 3 rings (SSSR count). The Bertz CT molecular complexity index is 1150. The van der Waals surface area contributed by atoms with Crippen molar-refractivity contribution >= 4 is 38.4 Å². The van der Waals surface area contributed by atoms with Crippen LogP contribution in [0.2, 0.25) is 5.15 Å². The average Bonchev–Trinajstić information content (AvgIpc) is 2.66. The number of aromatic nitrogens is 1. The number of rotatable bonds is 6. The third-order valence-electron chi connectivity index (χ3n) is 4.25. The lowest BCUT2D eigenvalue weighted by Gasteiger charge is -2.11. The fourth-order valence-electron chi connectivity index (χ4n) is 2.78. The van der Waals surface area contributed by atoms with Crippen molar-refractivity contribution in [2.75, 3.05) is 13.1 Å². The van der Waals surface area contributed by atoms with Crippen molar-refractivity contribution in [1.29, 1.82) is 0 Å². The van der Waals surface area contributed by atoms with Crippen LogP contribution in [0.25, 0.3) is 10.9 Å². The summed E-state index contributed by atoms with van der Waals surface area (Å²) in [6.07, 6.45) is 0. The highest BCUT2D eigenvalue weighted by Gasteiger charge is 2.16. The highest BCUT2D eigenvalue weighted by Crippen LogP contribution is 2.17. The summed E-state index contributed by atoms with van der Waals surface area (Å²) in [6, 6.07) is 13.8. The Balaban J connectivity index is 1.59. The van der Waals surface area contributed by atoms with E-state index in [0.29, 0.717) is 21.8 Å². The number of nitrogens with one attached hydrogen (secondary N) is 2. The van der Waals surface area contributed by atoms with Crippen LogP contribution in [-0.4, -0.2) is 32.4 Å². The molecule has 0 fully saturated rings. The standard InChI is InChI=1S/C20H20ClN3O3S/c1-13-3-4-14(2)18(11-13)28(26,27)23-10-9-22-20(25)16-5-7-17-15(12-16)6-8-19(21)24-17/h3-8,11-12,23H,9-10H2,1-2H3,(H,22,25). The fourth-order valence-corrected chi connectivity index (χ4v) is 4.29. The molecule has 2 aromatic carbocycles. The van der Waals surface area contributed by atoms with Gasteiger partial charge in [0, 0.05) is 24.0 Å². The quantitative estimate of drug-likeness (QED) is 0.476. The van der Waals surface area contributed by atoms with Crippen molar-refractivity contribution in [3.8, 4) is 0 Å². The van der Waals surface area contributed by atoms with Crippen molar-refractivity contribution in [1.82, 2.24) is 15.0 Å². The number of aryl methyl sites for hydroxylation is 2. The molecule has 2 N–H and O–H groups in total. The van der Waals surface area contributed by atoms with Gasteiger partial charge < -0.3 is 5.32 Å². The molecule has 0 aliphatic rings. The Hall–Kier alpha value is -2.48. The van der Waals surface area contributed by atoms with Gasteiger partial charge in [-0.15, -0.1) is 0 Å². The molecule has 0 bridgehead atoms. The molecular weight excluding hydrogens is 398 g/mol. The summed E-state index contributed by atoms with van der Waals surface area (Å²) in [7, 11) is -3.63. The van der Waals surface area contributed by atoms with Crippen LogP contribution >= 0.6 is 11.6 Å². The van der Waals surface area contributed by atoms with E-state index in [0.717, 1.165) is 10.9 Å². The lowest BCUT2D eigenvalue weighted by molar-refractivity contribution is 0.0954. The van der Waals surface area contributed by atoms with Crippen molar-refractivity contribution < 1.29 is 13.2 Å². The average molecular weight is 418 g/mol. The first-order valence-electron chi connectivity index (χ1n) is 8.68. The molecule has 0 aliphatic carbocycles. The van der Waals surface area contributed by atoms with Crippen molar-refractivity contribution in [2.45, 2.75) is 18.7 Å². The number of carbonyl (C=O) groups is 1. The first-order chi connectivity index (χ1) is 13.3. The van der Waals surface area contributed by atoms with Crippen LogP contribution in [-0.2, 0) is 10.0 Å². The van der Waals surface area contributed by atoms with Crippen LogP contribution in [0.4, 0.5) is 0 Å². The van der Waals surface area contributed by atoms with E-state index in [1.165, 1.54) is 0 Å². The zero-order chi connectivity index (χ0) is 20.3. The minimum Gasteiger partial charge on any atom is -0.351 e. The number of halogens is 1. The Morgan fingerprint density at radius 3 is 2.61 bits per heavy atom. The second kappa shape index (κ2) is 8.26. The van der Waals surface area contributed by atoms with E-state index < -0.39 is 10.0 Å². The molecule has 146 valence electrons. The molecule has 0 spiro atoms. The molecule has 1 aromatic heterocycles. The molecule has 0 atom stereocenters. The van der Waals surface area contributed by atoms with Gasteiger partial charge in [0.15, 0.2) is 0 Å². The van der Waals surface area contributed by atoms with Crippen LogP contribution in [0.15, 0.2) is 53.4 Å². The monoisotopic (exact) mass is 417 g/mol. The molecule has 3 aromatic rings. The topological polar surface area (TPSA) is 88.2 Å². The Morgan fingerprint density at radius 2 is 1.82 bits per heavy atom. The zero-order valence-corrected chi connectivity index (χ0v) is 17.1. The van der Waals surface area contributed by atoms with E-state index in [1.807, 2.05) is 13.0 Å². The van der Waals surface area contributed by atoms with Gasteiger partial charge in [0.25, 0.3) is 5.91 Å². The van der Waals surface area contributed by atoms with E-state index in [1.54, 1.807) is 49.4 Å². The van der Waals surface area contributed by atoms with Gasteiger partial charge in [-0.05, 0) is 61.4 Å². The molecular formula is C20H20ClN3O3S. The maximum atomic E-state index is 12.5. The second-order valence-corrected chi connectivity index (χ2v) is 8.59. The number of hydrogen-bond donors (Lipinski definition) is 2. The normalized spacial score (nSPS) is 11.5. The summed E-state index contributed by atoms with van der Waals surface area (Å²) in [6.45, 7) is 3.84. The SMILES string of the molecule is Cc1ccc(C)c(S(=O)(=O)NCCNC(=O)c2ccc3nc(Cl)ccc3c2)c1. The van der Waals surface area contributed by atoms with Gasteiger partial charge in [-0.2, -0.15) is 0 Å². The molecule has 1 heterocycles. The molecule has 0 unspecified atom stereocenters.